The summed E-state index contributed by atoms with van der Waals surface area (Å²) in [5.74, 6) is -0.858. The number of aliphatic carboxylic acids is 1. The van der Waals surface area contributed by atoms with E-state index < -0.39 is 16.0 Å². The summed E-state index contributed by atoms with van der Waals surface area (Å²) in [6.07, 6.45) is 1.27. The molecule has 0 aliphatic heterocycles. The van der Waals surface area contributed by atoms with E-state index in [1.54, 1.807) is 6.92 Å². The van der Waals surface area contributed by atoms with Gasteiger partial charge in [0.05, 0.1) is 5.75 Å². The molecule has 0 aromatic heterocycles. The second kappa shape index (κ2) is 8.01. The first-order valence-electron chi connectivity index (χ1n) is 6.68. The second-order valence-electron chi connectivity index (χ2n) is 4.76. The fourth-order valence-electron chi connectivity index (χ4n) is 1.98. The van der Waals surface area contributed by atoms with Gasteiger partial charge in [-0.15, -0.1) is 0 Å². The Bertz CT molecular complexity index is 513. The molecule has 0 fully saturated rings. The molecule has 0 heterocycles. The minimum absolute atomic E-state index is 0.0495. The Morgan fingerprint density at radius 1 is 1.30 bits per heavy atom. The molecule has 0 amide bonds. The molecule has 1 atom stereocenters. The normalized spacial score (nSPS) is 13.1. The third-order valence-corrected chi connectivity index (χ3v) is 4.49. The molecule has 1 aromatic carbocycles. The minimum atomic E-state index is -3.34. The molecule has 5 nitrogen and oxygen atoms in total. The minimum Gasteiger partial charge on any atom is -0.481 e. The summed E-state index contributed by atoms with van der Waals surface area (Å²) in [6.45, 7) is 1.79. The van der Waals surface area contributed by atoms with Crippen LogP contribution < -0.4 is 4.72 Å². The van der Waals surface area contributed by atoms with Gasteiger partial charge in [0.2, 0.25) is 10.0 Å². The van der Waals surface area contributed by atoms with E-state index >= 15 is 0 Å². The largest absolute Gasteiger partial charge is 0.481 e. The maximum atomic E-state index is 11.8. The van der Waals surface area contributed by atoms with Crippen molar-refractivity contribution in [2.45, 2.75) is 38.6 Å². The summed E-state index contributed by atoms with van der Waals surface area (Å²) in [5.41, 5.74) is 0.988. The second-order valence-corrected chi connectivity index (χ2v) is 6.63. The van der Waals surface area contributed by atoms with Crippen LogP contribution in [0.3, 0.4) is 0 Å². The van der Waals surface area contributed by atoms with E-state index in [4.69, 9.17) is 5.11 Å². The van der Waals surface area contributed by atoms with Crippen LogP contribution in [-0.4, -0.2) is 31.3 Å². The zero-order valence-electron chi connectivity index (χ0n) is 11.6. The highest BCUT2D eigenvalue weighted by molar-refractivity contribution is 7.89. The van der Waals surface area contributed by atoms with Gasteiger partial charge in [0.15, 0.2) is 0 Å². The van der Waals surface area contributed by atoms with Gasteiger partial charge in [-0.2, -0.15) is 0 Å². The molecule has 2 N–H and O–H groups in total. The van der Waals surface area contributed by atoms with Crippen molar-refractivity contribution in [3.05, 3.63) is 35.9 Å². The van der Waals surface area contributed by atoms with E-state index in [9.17, 15) is 13.2 Å². The van der Waals surface area contributed by atoms with E-state index in [-0.39, 0.29) is 24.6 Å². The molecular formula is C14H21NO4S. The van der Waals surface area contributed by atoms with Crippen LogP contribution in [0.4, 0.5) is 0 Å². The number of hydrogen-bond donors (Lipinski definition) is 2. The third-order valence-electron chi connectivity index (χ3n) is 2.85. The number of carboxylic acids is 1. The molecule has 0 spiro atoms. The lowest BCUT2D eigenvalue weighted by atomic mass is 10.0. The van der Waals surface area contributed by atoms with Gasteiger partial charge in [-0.25, -0.2) is 13.1 Å². The van der Waals surface area contributed by atoms with Crippen molar-refractivity contribution in [2.24, 2.45) is 0 Å². The molecular weight excluding hydrogens is 278 g/mol. The molecule has 20 heavy (non-hydrogen) atoms. The van der Waals surface area contributed by atoms with Crippen LogP contribution in [0.15, 0.2) is 30.3 Å². The van der Waals surface area contributed by atoms with Crippen LogP contribution in [0.5, 0.6) is 0 Å². The average molecular weight is 299 g/mol. The Kier molecular flexibility index (Phi) is 6.67. The average Bonchev–Trinajstić information content (AvgIpc) is 2.36. The molecule has 6 heteroatoms. The summed E-state index contributed by atoms with van der Waals surface area (Å²) in [7, 11) is -3.34. The molecule has 0 saturated heterocycles. The number of nitrogens with one attached hydrogen (secondary N) is 1. The van der Waals surface area contributed by atoms with Crippen LogP contribution in [0.25, 0.3) is 0 Å². The molecule has 112 valence electrons. The van der Waals surface area contributed by atoms with E-state index in [1.165, 1.54) is 0 Å². The van der Waals surface area contributed by atoms with Crippen LogP contribution in [0.1, 0.15) is 31.7 Å². The fraction of sp³-hybridized carbons (Fsp3) is 0.500. The quantitative estimate of drug-likeness (QED) is 0.728. The lowest BCUT2D eigenvalue weighted by Crippen LogP contribution is -2.38. The Morgan fingerprint density at radius 2 is 1.95 bits per heavy atom. The van der Waals surface area contributed by atoms with Crippen molar-refractivity contribution in [2.75, 3.05) is 5.75 Å². The smallest absolute Gasteiger partial charge is 0.303 e. The van der Waals surface area contributed by atoms with Crippen molar-refractivity contribution in [3.63, 3.8) is 0 Å². The van der Waals surface area contributed by atoms with E-state index in [2.05, 4.69) is 4.72 Å². The van der Waals surface area contributed by atoms with Crippen LogP contribution in [-0.2, 0) is 21.2 Å². The number of rotatable bonds is 9. The van der Waals surface area contributed by atoms with Gasteiger partial charge in [0, 0.05) is 12.5 Å². The number of hydrogen-bond acceptors (Lipinski definition) is 3. The maximum Gasteiger partial charge on any atom is 0.303 e. The maximum absolute atomic E-state index is 11.8. The van der Waals surface area contributed by atoms with Crippen molar-refractivity contribution in [3.8, 4) is 0 Å². The molecule has 1 aromatic rings. The molecule has 0 aliphatic rings. The highest BCUT2D eigenvalue weighted by Crippen LogP contribution is 2.09. The first-order chi connectivity index (χ1) is 9.43. The number of sulfonamides is 1. The Balaban J connectivity index is 2.72. The molecule has 0 saturated carbocycles. The Labute approximate surface area is 120 Å². The number of carboxylic acid groups (broad SMARTS) is 1. The van der Waals surface area contributed by atoms with Gasteiger partial charge in [0.25, 0.3) is 0 Å². The molecule has 1 rings (SSSR count). The summed E-state index contributed by atoms with van der Waals surface area (Å²) >= 11 is 0. The lowest BCUT2D eigenvalue weighted by molar-refractivity contribution is -0.137. The Hall–Kier alpha value is -1.40. The van der Waals surface area contributed by atoms with E-state index in [1.807, 2.05) is 30.3 Å². The van der Waals surface area contributed by atoms with Crippen LogP contribution >= 0.6 is 0 Å². The molecule has 0 radical (unpaired) electrons. The van der Waals surface area contributed by atoms with Gasteiger partial charge in [0.1, 0.15) is 0 Å². The Morgan fingerprint density at radius 3 is 2.50 bits per heavy atom. The highest BCUT2D eigenvalue weighted by atomic mass is 32.2. The SMILES string of the molecule is CCCS(=O)(=O)NC(CCC(=O)O)Cc1ccccc1. The van der Waals surface area contributed by atoms with Crippen molar-refractivity contribution >= 4 is 16.0 Å². The lowest BCUT2D eigenvalue weighted by Gasteiger charge is -2.18. The zero-order chi connectivity index (χ0) is 15.0. The summed E-state index contributed by atoms with van der Waals surface area (Å²) in [4.78, 5) is 10.7. The fourth-order valence-corrected chi connectivity index (χ4v) is 3.34. The highest BCUT2D eigenvalue weighted by Gasteiger charge is 2.18. The van der Waals surface area contributed by atoms with Crippen molar-refractivity contribution in [1.82, 2.24) is 4.72 Å². The summed E-state index contributed by atoms with van der Waals surface area (Å²) in [6, 6.07) is 9.07. The summed E-state index contributed by atoms with van der Waals surface area (Å²) in [5, 5.41) is 8.75. The molecule has 0 bridgehead atoms. The van der Waals surface area contributed by atoms with E-state index in [0.717, 1.165) is 5.56 Å². The van der Waals surface area contributed by atoms with Crippen molar-refractivity contribution < 1.29 is 18.3 Å². The molecule has 1 unspecified atom stereocenters. The van der Waals surface area contributed by atoms with Crippen molar-refractivity contribution in [1.29, 1.82) is 0 Å². The number of benzene rings is 1. The standard InChI is InChI=1S/C14H21NO4S/c1-2-10-20(18,19)15-13(8-9-14(16)17)11-12-6-4-3-5-7-12/h3-7,13,15H,2,8-11H2,1H3,(H,16,17). The predicted octanol–water partition coefficient (Wildman–Crippen LogP) is 1.79. The van der Waals surface area contributed by atoms with Crippen LogP contribution in [0.2, 0.25) is 0 Å². The summed E-state index contributed by atoms with van der Waals surface area (Å²) < 4.78 is 26.2. The zero-order valence-corrected chi connectivity index (χ0v) is 12.4. The van der Waals surface area contributed by atoms with Gasteiger partial charge in [-0.1, -0.05) is 37.3 Å². The monoisotopic (exact) mass is 299 g/mol. The predicted molar refractivity (Wildman–Crippen MR) is 78.0 cm³/mol. The topological polar surface area (TPSA) is 83.5 Å². The van der Waals surface area contributed by atoms with Gasteiger partial charge < -0.3 is 5.11 Å². The van der Waals surface area contributed by atoms with E-state index in [0.29, 0.717) is 12.8 Å². The third kappa shape index (κ3) is 6.68. The number of carbonyl (C=O) groups is 1. The van der Waals surface area contributed by atoms with Gasteiger partial charge in [-0.05, 0) is 24.8 Å². The van der Waals surface area contributed by atoms with Gasteiger partial charge in [-0.3, -0.25) is 4.79 Å². The molecule has 0 aliphatic carbocycles. The first-order valence-corrected chi connectivity index (χ1v) is 8.34. The van der Waals surface area contributed by atoms with Crippen LogP contribution in [0, 0.1) is 0 Å². The first kappa shape index (κ1) is 16.7. The van der Waals surface area contributed by atoms with Gasteiger partial charge >= 0.3 is 5.97 Å².